The van der Waals surface area contributed by atoms with Crippen LogP contribution in [0.2, 0.25) is 0 Å². The number of allylic oxidation sites excluding steroid dienone is 2. The molecule has 1 aromatic heterocycles. The lowest BCUT2D eigenvalue weighted by atomic mass is 10.1. The van der Waals surface area contributed by atoms with Crippen LogP contribution in [0.25, 0.3) is 11.8 Å². The number of nitrogens with zero attached hydrogens (tertiary/aromatic N) is 3. The highest BCUT2D eigenvalue weighted by atomic mass is 17.2. The van der Waals surface area contributed by atoms with E-state index in [1.54, 1.807) is 42.5 Å². The van der Waals surface area contributed by atoms with Gasteiger partial charge in [0.15, 0.2) is 5.71 Å². The lowest BCUT2D eigenvalue weighted by molar-refractivity contribution is -0.282. The molecular weight excluding hydrogens is 452 g/mol. The van der Waals surface area contributed by atoms with Gasteiger partial charge in [0, 0.05) is 0 Å². The first-order valence-corrected chi connectivity index (χ1v) is 10.5. The number of rotatable bonds is 8. The normalized spacial score (nSPS) is 14.7. The van der Waals surface area contributed by atoms with Crippen molar-refractivity contribution in [3.05, 3.63) is 100.0 Å². The molecule has 0 radical (unpaired) electrons. The molecule has 1 N–H and O–H groups in total. The zero-order chi connectivity index (χ0) is 24.8. The second kappa shape index (κ2) is 10.6. The summed E-state index contributed by atoms with van der Waals surface area (Å²) >= 11 is 0. The summed E-state index contributed by atoms with van der Waals surface area (Å²) < 4.78 is 6.17. The van der Waals surface area contributed by atoms with Gasteiger partial charge in [-0.2, -0.15) is 10.1 Å². The van der Waals surface area contributed by atoms with Gasteiger partial charge in [0.05, 0.1) is 42.4 Å². The molecule has 10 heteroatoms. The first kappa shape index (κ1) is 23.6. The molecule has 0 atom stereocenters. The van der Waals surface area contributed by atoms with E-state index < -0.39 is 11.9 Å². The molecule has 10 nitrogen and oxygen atoms in total. The average molecular weight is 474 g/mol. The Labute approximate surface area is 200 Å². The third-order valence-electron chi connectivity index (χ3n) is 5.12. The summed E-state index contributed by atoms with van der Waals surface area (Å²) in [6.45, 7) is -0.0165. The molecule has 35 heavy (non-hydrogen) atoms. The van der Waals surface area contributed by atoms with E-state index in [0.717, 1.165) is 5.01 Å². The number of carbonyl (C=O) groups excluding carboxylic acids is 2. The van der Waals surface area contributed by atoms with Crippen LogP contribution in [0.4, 0.5) is 5.69 Å². The van der Waals surface area contributed by atoms with E-state index in [1.807, 2.05) is 18.2 Å². The number of benzene rings is 2. The molecule has 0 bridgehead atoms. The predicted molar refractivity (Wildman–Crippen MR) is 129 cm³/mol. The number of H-pyrrole nitrogens is 1. The van der Waals surface area contributed by atoms with Crippen molar-refractivity contribution >= 4 is 29.4 Å². The lowest BCUT2D eigenvalue weighted by Gasteiger charge is -2.10. The minimum absolute atomic E-state index is 0.0165. The topological polar surface area (TPSA) is 115 Å². The van der Waals surface area contributed by atoms with Crippen molar-refractivity contribution in [3.63, 3.8) is 0 Å². The van der Waals surface area contributed by atoms with Gasteiger partial charge in [0.1, 0.15) is 6.61 Å². The van der Waals surface area contributed by atoms with E-state index in [1.165, 1.54) is 37.1 Å². The van der Waals surface area contributed by atoms with Crippen molar-refractivity contribution in [1.82, 2.24) is 9.78 Å². The van der Waals surface area contributed by atoms with Gasteiger partial charge in [-0.1, -0.05) is 42.5 Å². The first-order valence-electron chi connectivity index (χ1n) is 10.5. The number of aromatic amines is 1. The second-order valence-electron chi connectivity index (χ2n) is 7.24. The number of carbonyl (C=O) groups is 2. The molecule has 1 aliphatic rings. The number of anilines is 1. The summed E-state index contributed by atoms with van der Waals surface area (Å²) in [7, 11) is 2.58. The molecule has 2 heterocycles. The maximum atomic E-state index is 13.1. The molecule has 1 amide bonds. The molecule has 3 aromatic rings. The number of para-hydroxylation sites is 2. The fourth-order valence-corrected chi connectivity index (χ4v) is 3.45. The van der Waals surface area contributed by atoms with Crippen LogP contribution in [-0.2, 0) is 30.7 Å². The number of hydrogen-bond donors (Lipinski definition) is 1. The van der Waals surface area contributed by atoms with Crippen LogP contribution in [0.5, 0.6) is 0 Å². The Morgan fingerprint density at radius 1 is 1.00 bits per heavy atom. The van der Waals surface area contributed by atoms with Gasteiger partial charge in [-0.05, 0) is 36.4 Å². The highest BCUT2D eigenvalue weighted by Gasteiger charge is 2.35. The monoisotopic (exact) mass is 474 g/mol. The highest BCUT2D eigenvalue weighted by molar-refractivity contribution is 6.53. The molecule has 178 valence electrons. The van der Waals surface area contributed by atoms with Crippen LogP contribution in [0.1, 0.15) is 11.3 Å². The number of hydrogen-bond acceptors (Lipinski definition) is 7. The SMILES string of the molecule is COOCc1[nH]n(-c2ccccc2)c(=O)c1/C=C/C=C1\C(=O)N(c2ccccc2)N=C1C(=O)OC. The first-order chi connectivity index (χ1) is 17.0. The number of hydrazone groups is 1. The zero-order valence-electron chi connectivity index (χ0n) is 19.0. The minimum Gasteiger partial charge on any atom is -0.464 e. The summed E-state index contributed by atoms with van der Waals surface area (Å²) in [5, 5.41) is 8.29. The van der Waals surface area contributed by atoms with Gasteiger partial charge in [-0.25, -0.2) is 19.3 Å². The van der Waals surface area contributed by atoms with E-state index in [4.69, 9.17) is 9.62 Å². The Balaban J connectivity index is 1.70. The van der Waals surface area contributed by atoms with Gasteiger partial charge in [-0.15, -0.1) is 0 Å². The Morgan fingerprint density at radius 2 is 1.66 bits per heavy atom. The van der Waals surface area contributed by atoms with Crippen LogP contribution in [0, 0.1) is 0 Å². The van der Waals surface area contributed by atoms with Gasteiger partial charge < -0.3 is 4.74 Å². The van der Waals surface area contributed by atoms with Crippen molar-refractivity contribution in [2.75, 3.05) is 19.2 Å². The fourth-order valence-electron chi connectivity index (χ4n) is 3.45. The van der Waals surface area contributed by atoms with E-state index in [9.17, 15) is 14.4 Å². The molecule has 0 saturated carbocycles. The van der Waals surface area contributed by atoms with Crippen molar-refractivity contribution in [1.29, 1.82) is 0 Å². The van der Waals surface area contributed by atoms with Crippen molar-refractivity contribution in [3.8, 4) is 5.69 Å². The molecule has 0 aliphatic carbocycles. The Kier molecular flexibility index (Phi) is 7.15. The molecule has 0 fully saturated rings. The molecular formula is C25H22N4O6. The van der Waals surface area contributed by atoms with Crippen molar-refractivity contribution < 1.29 is 24.1 Å². The maximum Gasteiger partial charge on any atom is 0.359 e. The minimum atomic E-state index is -0.751. The predicted octanol–water partition coefficient (Wildman–Crippen LogP) is 2.76. The molecule has 0 unspecified atom stereocenters. The van der Waals surface area contributed by atoms with Gasteiger partial charge in [0.25, 0.3) is 11.5 Å². The highest BCUT2D eigenvalue weighted by Crippen LogP contribution is 2.24. The van der Waals surface area contributed by atoms with E-state index in [2.05, 4.69) is 15.1 Å². The number of esters is 1. The summed E-state index contributed by atoms with van der Waals surface area (Å²) in [6, 6.07) is 17.7. The van der Waals surface area contributed by atoms with Gasteiger partial charge in [-0.3, -0.25) is 14.7 Å². The molecule has 0 saturated heterocycles. The standard InChI is InChI=1S/C25H22N4O6/c1-33-25(32)22-20(24(31)29(27-22)18-12-7-4-8-13-18)15-9-14-19-21(16-35-34-2)26-28(23(19)30)17-10-5-3-6-11-17/h3-15,26H,16H2,1-2H3/b14-9+,20-15-. The average Bonchev–Trinajstić information content (AvgIpc) is 3.39. The third kappa shape index (κ3) is 4.88. The fraction of sp³-hybridized carbons (Fsp3) is 0.120. The zero-order valence-corrected chi connectivity index (χ0v) is 19.0. The largest absolute Gasteiger partial charge is 0.464 e. The third-order valence-corrected chi connectivity index (χ3v) is 5.12. The quantitative estimate of drug-likeness (QED) is 0.232. The van der Waals surface area contributed by atoms with Gasteiger partial charge >= 0.3 is 5.97 Å². The number of methoxy groups -OCH3 is 1. The summed E-state index contributed by atoms with van der Waals surface area (Å²) in [6.07, 6.45) is 4.44. The van der Waals surface area contributed by atoms with Crippen LogP contribution in [-0.4, -0.2) is 41.6 Å². The maximum absolute atomic E-state index is 13.1. The summed E-state index contributed by atoms with van der Waals surface area (Å²) in [4.78, 5) is 48.1. The number of amides is 1. The van der Waals surface area contributed by atoms with Crippen molar-refractivity contribution in [2.24, 2.45) is 5.10 Å². The van der Waals surface area contributed by atoms with E-state index in [-0.39, 0.29) is 23.5 Å². The smallest absolute Gasteiger partial charge is 0.359 e. The number of ether oxygens (including phenoxy) is 1. The van der Waals surface area contributed by atoms with Crippen LogP contribution in [0.3, 0.4) is 0 Å². The van der Waals surface area contributed by atoms with Crippen molar-refractivity contribution in [2.45, 2.75) is 6.61 Å². The molecule has 4 rings (SSSR count). The van der Waals surface area contributed by atoms with E-state index in [0.29, 0.717) is 22.6 Å². The molecule has 0 spiro atoms. The number of nitrogens with one attached hydrogen (secondary N) is 1. The Morgan fingerprint density at radius 3 is 2.29 bits per heavy atom. The van der Waals surface area contributed by atoms with E-state index >= 15 is 0 Å². The second-order valence-corrected chi connectivity index (χ2v) is 7.24. The lowest BCUT2D eigenvalue weighted by Crippen LogP contribution is -2.22. The van der Waals surface area contributed by atoms with Crippen LogP contribution in [0.15, 0.2) is 88.3 Å². The summed E-state index contributed by atoms with van der Waals surface area (Å²) in [5.74, 6) is -1.25. The van der Waals surface area contributed by atoms with Crippen LogP contribution < -0.4 is 10.6 Å². The van der Waals surface area contributed by atoms with Crippen LogP contribution >= 0.6 is 0 Å². The number of aromatic nitrogens is 2. The summed E-state index contributed by atoms with van der Waals surface area (Å²) in [5.41, 5.74) is 1.47. The molecule has 2 aromatic carbocycles. The Hall–Kier alpha value is -4.54. The Bertz CT molecular complexity index is 1370. The van der Waals surface area contributed by atoms with Gasteiger partial charge in [0.2, 0.25) is 0 Å². The molecule has 1 aliphatic heterocycles.